The highest BCUT2D eigenvalue weighted by molar-refractivity contribution is 7.92. The van der Waals surface area contributed by atoms with E-state index < -0.39 is 10.0 Å². The Balaban J connectivity index is 2.09. The molecule has 27 heavy (non-hydrogen) atoms. The van der Waals surface area contributed by atoms with Crippen LogP contribution in [0.3, 0.4) is 0 Å². The first-order valence-electron chi connectivity index (χ1n) is 8.70. The summed E-state index contributed by atoms with van der Waals surface area (Å²) in [4.78, 5) is 14.3. The molecule has 0 aliphatic heterocycles. The number of sulfonamides is 1. The Morgan fingerprint density at radius 1 is 1.00 bits per heavy atom. The van der Waals surface area contributed by atoms with Gasteiger partial charge in [-0.25, -0.2) is 8.42 Å². The van der Waals surface area contributed by atoms with Crippen LogP contribution in [0.15, 0.2) is 42.5 Å². The van der Waals surface area contributed by atoms with E-state index in [2.05, 4.69) is 5.32 Å². The van der Waals surface area contributed by atoms with E-state index in [1.165, 1.54) is 4.31 Å². The summed E-state index contributed by atoms with van der Waals surface area (Å²) in [5, 5.41) is 2.85. The second-order valence-corrected chi connectivity index (χ2v) is 8.77. The summed E-state index contributed by atoms with van der Waals surface area (Å²) in [6.45, 7) is 4.00. The van der Waals surface area contributed by atoms with Gasteiger partial charge in [0, 0.05) is 38.4 Å². The smallest absolute Gasteiger partial charge is 0.232 e. The highest BCUT2D eigenvalue weighted by atomic mass is 32.2. The van der Waals surface area contributed by atoms with Crippen LogP contribution in [0.2, 0.25) is 0 Å². The van der Waals surface area contributed by atoms with E-state index in [1.807, 2.05) is 63.2 Å². The molecule has 146 valence electrons. The van der Waals surface area contributed by atoms with Crippen molar-refractivity contribution in [2.45, 2.75) is 20.3 Å². The standard InChI is InChI=1S/C20H27N3O3S/c1-15-6-11-19(16(2)14-15)21-20(24)12-13-23(27(5,25)26)18-9-7-17(8-10-18)22(3)4/h6-11,14H,12-13H2,1-5H3,(H,21,24). The van der Waals surface area contributed by atoms with Gasteiger partial charge in [0.05, 0.1) is 11.9 Å². The van der Waals surface area contributed by atoms with Crippen LogP contribution in [0, 0.1) is 13.8 Å². The molecule has 0 spiro atoms. The molecule has 2 rings (SSSR count). The normalized spacial score (nSPS) is 11.1. The summed E-state index contributed by atoms with van der Waals surface area (Å²) in [6.07, 6.45) is 1.21. The highest BCUT2D eigenvalue weighted by Crippen LogP contribution is 2.22. The number of hydrogen-bond acceptors (Lipinski definition) is 4. The van der Waals surface area contributed by atoms with Gasteiger partial charge in [-0.1, -0.05) is 17.7 Å². The fraction of sp³-hybridized carbons (Fsp3) is 0.350. The topological polar surface area (TPSA) is 69.7 Å². The third-order valence-corrected chi connectivity index (χ3v) is 5.45. The van der Waals surface area contributed by atoms with Gasteiger partial charge in [0.25, 0.3) is 0 Å². The van der Waals surface area contributed by atoms with Crippen LogP contribution in [0.25, 0.3) is 0 Å². The minimum absolute atomic E-state index is 0.0653. The van der Waals surface area contributed by atoms with Crippen molar-refractivity contribution in [1.29, 1.82) is 0 Å². The molecule has 0 radical (unpaired) electrons. The molecule has 6 nitrogen and oxygen atoms in total. The average molecular weight is 390 g/mol. The van der Waals surface area contributed by atoms with Crippen molar-refractivity contribution in [3.05, 3.63) is 53.6 Å². The Morgan fingerprint density at radius 2 is 1.59 bits per heavy atom. The van der Waals surface area contributed by atoms with Crippen LogP contribution < -0.4 is 14.5 Å². The highest BCUT2D eigenvalue weighted by Gasteiger charge is 2.19. The van der Waals surface area contributed by atoms with Crippen LogP contribution in [0.4, 0.5) is 17.1 Å². The van der Waals surface area contributed by atoms with Gasteiger partial charge in [-0.15, -0.1) is 0 Å². The lowest BCUT2D eigenvalue weighted by Gasteiger charge is -2.23. The Labute approximate surface area is 161 Å². The van der Waals surface area contributed by atoms with Crippen LogP contribution >= 0.6 is 0 Å². The number of aryl methyl sites for hydroxylation is 2. The number of carbonyl (C=O) groups excluding carboxylic acids is 1. The molecule has 0 aliphatic carbocycles. The zero-order valence-electron chi connectivity index (χ0n) is 16.5. The number of nitrogens with zero attached hydrogens (tertiary/aromatic N) is 2. The Morgan fingerprint density at radius 3 is 2.11 bits per heavy atom. The van der Waals surface area contributed by atoms with Gasteiger partial charge in [0.2, 0.25) is 15.9 Å². The van der Waals surface area contributed by atoms with Crippen LogP contribution in [-0.4, -0.2) is 41.2 Å². The van der Waals surface area contributed by atoms with Gasteiger partial charge < -0.3 is 10.2 Å². The molecule has 1 amide bonds. The van der Waals surface area contributed by atoms with Crippen LogP contribution in [0.1, 0.15) is 17.5 Å². The number of hydrogen-bond donors (Lipinski definition) is 1. The van der Waals surface area contributed by atoms with Crippen molar-refractivity contribution in [3.63, 3.8) is 0 Å². The number of amides is 1. The summed E-state index contributed by atoms with van der Waals surface area (Å²) >= 11 is 0. The molecule has 0 saturated carbocycles. The van der Waals surface area contributed by atoms with Crippen molar-refractivity contribution >= 4 is 33.0 Å². The second-order valence-electron chi connectivity index (χ2n) is 6.86. The van der Waals surface area contributed by atoms with E-state index >= 15 is 0 Å². The maximum Gasteiger partial charge on any atom is 0.232 e. The van der Waals surface area contributed by atoms with Crippen molar-refractivity contribution in [1.82, 2.24) is 0 Å². The zero-order chi connectivity index (χ0) is 20.2. The SMILES string of the molecule is Cc1ccc(NC(=O)CCN(c2ccc(N(C)C)cc2)S(C)(=O)=O)c(C)c1. The number of nitrogens with one attached hydrogen (secondary N) is 1. The third-order valence-electron chi connectivity index (χ3n) is 4.25. The van der Waals surface area contributed by atoms with Crippen molar-refractivity contribution in [3.8, 4) is 0 Å². The molecule has 0 fully saturated rings. The molecule has 2 aromatic carbocycles. The average Bonchev–Trinajstić information content (AvgIpc) is 2.57. The van der Waals surface area contributed by atoms with Gasteiger partial charge >= 0.3 is 0 Å². The first-order chi connectivity index (χ1) is 12.6. The number of rotatable bonds is 7. The van der Waals surface area contributed by atoms with Gasteiger partial charge in [-0.05, 0) is 49.7 Å². The quantitative estimate of drug-likeness (QED) is 0.790. The molecule has 0 unspecified atom stereocenters. The Kier molecular flexibility index (Phi) is 6.49. The number of anilines is 3. The lowest BCUT2D eigenvalue weighted by molar-refractivity contribution is -0.116. The van der Waals surface area contributed by atoms with E-state index in [9.17, 15) is 13.2 Å². The lowest BCUT2D eigenvalue weighted by atomic mass is 10.1. The molecular weight excluding hydrogens is 362 g/mol. The zero-order valence-corrected chi connectivity index (χ0v) is 17.3. The summed E-state index contributed by atoms with van der Waals surface area (Å²) in [7, 11) is 0.341. The lowest BCUT2D eigenvalue weighted by Crippen LogP contribution is -2.33. The minimum atomic E-state index is -3.49. The van der Waals surface area contributed by atoms with Gasteiger partial charge in [0.15, 0.2) is 0 Å². The molecule has 0 atom stereocenters. The predicted octanol–water partition coefficient (Wildman–Crippen LogP) is 3.16. The van der Waals surface area contributed by atoms with Gasteiger partial charge in [0.1, 0.15) is 0 Å². The van der Waals surface area contributed by atoms with E-state index in [0.717, 1.165) is 28.8 Å². The van der Waals surface area contributed by atoms with Crippen LogP contribution in [0.5, 0.6) is 0 Å². The fourth-order valence-electron chi connectivity index (χ4n) is 2.77. The van der Waals surface area contributed by atoms with Crippen molar-refractivity contribution < 1.29 is 13.2 Å². The molecule has 0 aliphatic rings. The van der Waals surface area contributed by atoms with E-state index in [4.69, 9.17) is 0 Å². The molecule has 0 heterocycles. The molecule has 1 N–H and O–H groups in total. The van der Waals surface area contributed by atoms with Crippen molar-refractivity contribution in [2.24, 2.45) is 0 Å². The fourth-order valence-corrected chi connectivity index (χ4v) is 3.70. The van der Waals surface area contributed by atoms with Crippen molar-refractivity contribution in [2.75, 3.05) is 41.4 Å². The Bertz CT molecular complexity index is 907. The van der Waals surface area contributed by atoms with Gasteiger partial charge in [-0.3, -0.25) is 9.10 Å². The molecule has 7 heteroatoms. The van der Waals surface area contributed by atoms with E-state index in [0.29, 0.717) is 5.69 Å². The predicted molar refractivity (Wildman–Crippen MR) is 112 cm³/mol. The Hall–Kier alpha value is -2.54. The maximum atomic E-state index is 12.3. The molecule has 0 bridgehead atoms. The first kappa shape index (κ1) is 20.8. The van der Waals surface area contributed by atoms with E-state index in [-0.39, 0.29) is 18.9 Å². The van der Waals surface area contributed by atoms with E-state index in [1.54, 1.807) is 12.1 Å². The first-order valence-corrected chi connectivity index (χ1v) is 10.5. The number of carbonyl (C=O) groups is 1. The molecule has 0 aromatic heterocycles. The summed E-state index contributed by atoms with van der Waals surface area (Å²) < 4.78 is 25.7. The number of benzene rings is 2. The summed E-state index contributed by atoms with van der Waals surface area (Å²) in [6, 6.07) is 13.0. The molecular formula is C20H27N3O3S. The molecule has 2 aromatic rings. The summed E-state index contributed by atoms with van der Waals surface area (Å²) in [5.41, 5.74) is 4.35. The van der Waals surface area contributed by atoms with Crippen LogP contribution in [-0.2, 0) is 14.8 Å². The van der Waals surface area contributed by atoms with Gasteiger partial charge in [-0.2, -0.15) is 0 Å². The summed E-state index contributed by atoms with van der Waals surface area (Å²) in [5.74, 6) is -0.222. The maximum absolute atomic E-state index is 12.3. The third kappa shape index (κ3) is 5.72. The largest absolute Gasteiger partial charge is 0.378 e. The monoisotopic (exact) mass is 389 g/mol. The minimum Gasteiger partial charge on any atom is -0.378 e. The molecule has 0 saturated heterocycles. The second kappa shape index (κ2) is 8.43.